The molecule has 0 aromatic heterocycles. The fourth-order valence-electron chi connectivity index (χ4n) is 2.98. The molecule has 0 spiro atoms. The first-order chi connectivity index (χ1) is 11.6. The van der Waals surface area contributed by atoms with E-state index in [1.807, 2.05) is 42.2 Å². The molecule has 0 atom stereocenters. The summed E-state index contributed by atoms with van der Waals surface area (Å²) in [4.78, 5) is 14.3. The molecule has 24 heavy (non-hydrogen) atoms. The van der Waals surface area contributed by atoms with E-state index in [9.17, 15) is 4.79 Å². The normalized spacial score (nSPS) is 13.8. The standard InChI is InChI=1S/C19H23N3O2/c1-13-5-8-18(24-2)17(11-13)21-16-7-6-14(12-15(16)20)19(23)22-9-3-4-10-22/h5-8,11-12,21H,3-4,9-10,20H2,1-2H3. The van der Waals surface area contributed by atoms with E-state index in [0.717, 1.165) is 48.6 Å². The van der Waals surface area contributed by atoms with Crippen molar-refractivity contribution < 1.29 is 9.53 Å². The predicted octanol–water partition coefficient (Wildman–Crippen LogP) is 3.57. The van der Waals surface area contributed by atoms with E-state index in [0.29, 0.717) is 11.3 Å². The summed E-state index contributed by atoms with van der Waals surface area (Å²) in [5.41, 5.74) is 10.1. The highest BCUT2D eigenvalue weighted by molar-refractivity contribution is 5.96. The molecular weight excluding hydrogens is 302 g/mol. The second-order valence-electron chi connectivity index (χ2n) is 6.13. The quantitative estimate of drug-likeness (QED) is 0.843. The fourth-order valence-corrected chi connectivity index (χ4v) is 2.98. The molecule has 5 nitrogen and oxygen atoms in total. The van der Waals surface area contributed by atoms with Crippen LogP contribution >= 0.6 is 0 Å². The minimum Gasteiger partial charge on any atom is -0.495 e. The number of rotatable bonds is 4. The van der Waals surface area contributed by atoms with E-state index in [1.54, 1.807) is 13.2 Å². The molecule has 126 valence electrons. The van der Waals surface area contributed by atoms with Crippen molar-refractivity contribution in [3.05, 3.63) is 47.5 Å². The van der Waals surface area contributed by atoms with Crippen molar-refractivity contribution in [3.63, 3.8) is 0 Å². The van der Waals surface area contributed by atoms with Crippen LogP contribution < -0.4 is 15.8 Å². The van der Waals surface area contributed by atoms with Crippen LogP contribution in [0.1, 0.15) is 28.8 Å². The number of nitrogen functional groups attached to an aromatic ring is 1. The molecule has 1 heterocycles. The second kappa shape index (κ2) is 6.83. The molecule has 3 N–H and O–H groups in total. The van der Waals surface area contributed by atoms with E-state index >= 15 is 0 Å². The van der Waals surface area contributed by atoms with Crippen LogP contribution in [0.5, 0.6) is 5.75 Å². The Morgan fingerprint density at radius 2 is 1.88 bits per heavy atom. The van der Waals surface area contributed by atoms with Gasteiger partial charge in [0.2, 0.25) is 0 Å². The number of hydrogen-bond donors (Lipinski definition) is 2. The average molecular weight is 325 g/mol. The Morgan fingerprint density at radius 3 is 2.54 bits per heavy atom. The molecule has 0 unspecified atom stereocenters. The number of carbonyl (C=O) groups excluding carboxylic acids is 1. The Balaban J connectivity index is 1.83. The first-order valence-electron chi connectivity index (χ1n) is 8.19. The topological polar surface area (TPSA) is 67.6 Å². The summed E-state index contributed by atoms with van der Waals surface area (Å²) < 4.78 is 5.38. The third kappa shape index (κ3) is 3.30. The van der Waals surface area contributed by atoms with Gasteiger partial charge in [-0.3, -0.25) is 4.79 Å². The van der Waals surface area contributed by atoms with E-state index in [4.69, 9.17) is 10.5 Å². The van der Waals surface area contributed by atoms with Crippen LogP contribution in [0.25, 0.3) is 0 Å². The maximum absolute atomic E-state index is 12.4. The minimum atomic E-state index is 0.0545. The summed E-state index contributed by atoms with van der Waals surface area (Å²) in [7, 11) is 1.64. The Morgan fingerprint density at radius 1 is 1.12 bits per heavy atom. The number of likely N-dealkylation sites (tertiary alicyclic amines) is 1. The van der Waals surface area contributed by atoms with Crippen molar-refractivity contribution in [3.8, 4) is 5.75 Å². The molecule has 2 aromatic rings. The number of ether oxygens (including phenoxy) is 1. The van der Waals surface area contributed by atoms with Gasteiger partial charge in [-0.15, -0.1) is 0 Å². The predicted molar refractivity (Wildman–Crippen MR) is 97.0 cm³/mol. The van der Waals surface area contributed by atoms with Crippen LogP contribution in [0.2, 0.25) is 0 Å². The van der Waals surface area contributed by atoms with Gasteiger partial charge in [0.1, 0.15) is 5.75 Å². The van der Waals surface area contributed by atoms with Crippen LogP contribution in [-0.4, -0.2) is 31.0 Å². The van der Waals surface area contributed by atoms with Crippen LogP contribution in [0.15, 0.2) is 36.4 Å². The third-order valence-corrected chi connectivity index (χ3v) is 4.32. The summed E-state index contributed by atoms with van der Waals surface area (Å²) in [5, 5.41) is 3.29. The van der Waals surface area contributed by atoms with Gasteiger partial charge >= 0.3 is 0 Å². The molecular formula is C19H23N3O2. The number of nitrogens with two attached hydrogens (primary N) is 1. The van der Waals surface area contributed by atoms with Gasteiger partial charge in [0.05, 0.1) is 24.2 Å². The molecule has 0 aliphatic carbocycles. The SMILES string of the molecule is COc1ccc(C)cc1Nc1ccc(C(=O)N2CCCC2)cc1N. The van der Waals surface area contributed by atoms with Gasteiger partial charge in [-0.2, -0.15) is 0 Å². The smallest absolute Gasteiger partial charge is 0.253 e. The molecule has 0 saturated carbocycles. The van der Waals surface area contributed by atoms with Crippen LogP contribution in [-0.2, 0) is 0 Å². The molecule has 1 aliphatic heterocycles. The molecule has 1 amide bonds. The first kappa shape index (κ1) is 16.2. The van der Waals surface area contributed by atoms with Gasteiger partial charge in [-0.1, -0.05) is 6.07 Å². The lowest BCUT2D eigenvalue weighted by molar-refractivity contribution is 0.0793. The Kier molecular flexibility index (Phi) is 4.60. The maximum atomic E-state index is 12.4. The average Bonchev–Trinajstić information content (AvgIpc) is 3.11. The zero-order chi connectivity index (χ0) is 17.1. The highest BCUT2D eigenvalue weighted by Crippen LogP contribution is 2.31. The Labute approximate surface area is 142 Å². The number of anilines is 3. The first-order valence-corrected chi connectivity index (χ1v) is 8.19. The van der Waals surface area contributed by atoms with Gasteiger partial charge in [-0.05, 0) is 55.7 Å². The van der Waals surface area contributed by atoms with Gasteiger partial charge in [-0.25, -0.2) is 0 Å². The lowest BCUT2D eigenvalue weighted by Gasteiger charge is -2.17. The Hall–Kier alpha value is -2.69. The molecule has 5 heteroatoms. The number of nitrogens with one attached hydrogen (secondary N) is 1. The number of aryl methyl sites for hydroxylation is 1. The second-order valence-corrected chi connectivity index (χ2v) is 6.13. The minimum absolute atomic E-state index is 0.0545. The van der Waals surface area contributed by atoms with Crippen molar-refractivity contribution >= 4 is 23.0 Å². The van der Waals surface area contributed by atoms with Gasteiger partial charge in [0.15, 0.2) is 0 Å². The van der Waals surface area contributed by atoms with Crippen molar-refractivity contribution in [2.45, 2.75) is 19.8 Å². The molecule has 2 aromatic carbocycles. The number of carbonyl (C=O) groups is 1. The monoisotopic (exact) mass is 325 g/mol. The molecule has 0 bridgehead atoms. The number of hydrogen-bond acceptors (Lipinski definition) is 4. The summed E-state index contributed by atoms with van der Waals surface area (Å²) >= 11 is 0. The number of nitrogens with zero attached hydrogens (tertiary/aromatic N) is 1. The van der Waals surface area contributed by atoms with Crippen molar-refractivity contribution in [1.29, 1.82) is 0 Å². The summed E-state index contributed by atoms with van der Waals surface area (Å²) in [5.74, 6) is 0.802. The van der Waals surface area contributed by atoms with Crippen molar-refractivity contribution in [1.82, 2.24) is 4.90 Å². The number of methoxy groups -OCH3 is 1. The van der Waals surface area contributed by atoms with Crippen molar-refractivity contribution in [2.75, 3.05) is 31.2 Å². The van der Waals surface area contributed by atoms with Gasteiger partial charge in [0, 0.05) is 18.7 Å². The highest BCUT2D eigenvalue weighted by atomic mass is 16.5. The van der Waals surface area contributed by atoms with E-state index < -0.39 is 0 Å². The van der Waals surface area contributed by atoms with Crippen LogP contribution in [0.3, 0.4) is 0 Å². The van der Waals surface area contributed by atoms with Gasteiger partial charge in [0.25, 0.3) is 5.91 Å². The zero-order valence-corrected chi connectivity index (χ0v) is 14.1. The van der Waals surface area contributed by atoms with Gasteiger partial charge < -0.3 is 20.7 Å². The summed E-state index contributed by atoms with van der Waals surface area (Å²) in [6, 6.07) is 11.3. The van der Waals surface area contributed by atoms with Crippen LogP contribution in [0.4, 0.5) is 17.1 Å². The zero-order valence-electron chi connectivity index (χ0n) is 14.1. The number of amides is 1. The number of benzene rings is 2. The van der Waals surface area contributed by atoms with E-state index in [2.05, 4.69) is 5.32 Å². The van der Waals surface area contributed by atoms with E-state index in [1.165, 1.54) is 0 Å². The molecule has 1 aliphatic rings. The summed E-state index contributed by atoms with van der Waals surface area (Å²) in [6.45, 7) is 3.68. The maximum Gasteiger partial charge on any atom is 0.253 e. The molecule has 3 rings (SSSR count). The Bertz CT molecular complexity index is 752. The molecule has 1 saturated heterocycles. The lowest BCUT2D eigenvalue weighted by Crippen LogP contribution is -2.27. The molecule has 0 radical (unpaired) electrons. The molecule has 1 fully saturated rings. The largest absolute Gasteiger partial charge is 0.495 e. The summed E-state index contributed by atoms with van der Waals surface area (Å²) in [6.07, 6.45) is 2.15. The fraction of sp³-hybridized carbons (Fsp3) is 0.316. The third-order valence-electron chi connectivity index (χ3n) is 4.32. The highest BCUT2D eigenvalue weighted by Gasteiger charge is 2.20. The van der Waals surface area contributed by atoms with Crippen molar-refractivity contribution in [2.24, 2.45) is 0 Å². The van der Waals surface area contributed by atoms with E-state index in [-0.39, 0.29) is 5.91 Å². The lowest BCUT2D eigenvalue weighted by atomic mass is 10.1. The van der Waals surface area contributed by atoms with Crippen LogP contribution in [0, 0.1) is 6.92 Å².